The van der Waals surface area contributed by atoms with E-state index >= 15 is 0 Å². The number of fused-ring (bicyclic) bond motifs is 3. The molecule has 44 heavy (non-hydrogen) atoms. The lowest BCUT2D eigenvalue weighted by atomic mass is 9.96. The van der Waals surface area contributed by atoms with Gasteiger partial charge in [-0.05, 0) is 83.4 Å². The molecule has 0 N–H and O–H groups in total. The van der Waals surface area contributed by atoms with E-state index in [1.165, 1.54) is 49.7 Å². The zero-order valence-corrected chi connectivity index (χ0v) is 24.2. The Bertz CT molecular complexity index is 2170. The maximum atomic E-state index is 2.36. The molecule has 2 nitrogen and oxygen atoms in total. The second kappa shape index (κ2) is 11.1. The van der Waals surface area contributed by atoms with Gasteiger partial charge in [-0.25, -0.2) is 0 Å². The Morgan fingerprint density at radius 2 is 0.932 bits per heavy atom. The summed E-state index contributed by atoms with van der Waals surface area (Å²) in [5, 5.41) is 2.52. The molecule has 0 spiro atoms. The summed E-state index contributed by atoms with van der Waals surface area (Å²) in [5.41, 5.74) is 11.8. The molecule has 8 aromatic rings. The topological polar surface area (TPSA) is 8.17 Å². The van der Waals surface area contributed by atoms with E-state index in [1.54, 1.807) is 0 Å². The standard InChI is InChI=1S/C42H30N2/c1-4-17-34(18-5-1)43(35-19-6-2-7-20-35)40-25-12-10-23-37(40)33-16-14-15-31(29-33)32-27-28-42-39(30-32)38-24-11-13-26-41(38)44(42)36-21-8-3-9-22-36/h1-30H. The fourth-order valence-electron chi connectivity index (χ4n) is 6.37. The van der Waals surface area contributed by atoms with Crippen LogP contribution in [0.25, 0.3) is 49.7 Å². The van der Waals surface area contributed by atoms with E-state index in [1.807, 2.05) is 0 Å². The molecule has 0 amide bonds. The van der Waals surface area contributed by atoms with Gasteiger partial charge in [0, 0.05) is 33.4 Å². The number of para-hydroxylation sites is 5. The summed E-state index contributed by atoms with van der Waals surface area (Å²) in [6.45, 7) is 0. The van der Waals surface area contributed by atoms with Gasteiger partial charge in [0.25, 0.3) is 0 Å². The summed E-state index contributed by atoms with van der Waals surface area (Å²) in [6, 6.07) is 65.0. The van der Waals surface area contributed by atoms with Gasteiger partial charge in [-0.3, -0.25) is 0 Å². The van der Waals surface area contributed by atoms with Crippen molar-refractivity contribution in [1.82, 2.24) is 4.57 Å². The number of benzene rings is 7. The highest BCUT2D eigenvalue weighted by Gasteiger charge is 2.17. The van der Waals surface area contributed by atoms with Crippen molar-refractivity contribution in [2.75, 3.05) is 4.90 Å². The van der Waals surface area contributed by atoms with Gasteiger partial charge in [0.05, 0.1) is 16.7 Å². The fraction of sp³-hybridized carbons (Fsp3) is 0. The minimum atomic E-state index is 1.13. The highest BCUT2D eigenvalue weighted by molar-refractivity contribution is 6.10. The Labute approximate surface area is 257 Å². The molecule has 0 atom stereocenters. The summed E-state index contributed by atoms with van der Waals surface area (Å²) < 4.78 is 2.36. The Balaban J connectivity index is 1.26. The van der Waals surface area contributed by atoms with Gasteiger partial charge in [-0.1, -0.05) is 115 Å². The van der Waals surface area contributed by atoms with Crippen LogP contribution in [0.5, 0.6) is 0 Å². The van der Waals surface area contributed by atoms with Crippen molar-refractivity contribution in [3.8, 4) is 27.9 Å². The van der Waals surface area contributed by atoms with Crippen LogP contribution in [0.15, 0.2) is 182 Å². The number of hydrogen-bond donors (Lipinski definition) is 0. The van der Waals surface area contributed by atoms with E-state index < -0.39 is 0 Å². The van der Waals surface area contributed by atoms with Crippen molar-refractivity contribution < 1.29 is 0 Å². The first-order valence-corrected chi connectivity index (χ1v) is 15.0. The molecule has 0 bridgehead atoms. The summed E-state index contributed by atoms with van der Waals surface area (Å²) in [5.74, 6) is 0. The van der Waals surface area contributed by atoms with Crippen LogP contribution >= 0.6 is 0 Å². The Morgan fingerprint density at radius 3 is 1.68 bits per heavy atom. The van der Waals surface area contributed by atoms with Crippen LogP contribution in [-0.4, -0.2) is 4.57 Å². The Hall–Kier alpha value is -5.86. The van der Waals surface area contributed by atoms with Crippen molar-refractivity contribution in [1.29, 1.82) is 0 Å². The van der Waals surface area contributed by atoms with Gasteiger partial charge in [0.2, 0.25) is 0 Å². The monoisotopic (exact) mass is 562 g/mol. The zero-order chi connectivity index (χ0) is 29.3. The third-order valence-electron chi connectivity index (χ3n) is 8.37. The summed E-state index contributed by atoms with van der Waals surface area (Å²) >= 11 is 0. The Kier molecular flexibility index (Phi) is 6.51. The smallest absolute Gasteiger partial charge is 0.0541 e. The quantitative estimate of drug-likeness (QED) is 0.196. The van der Waals surface area contributed by atoms with Crippen molar-refractivity contribution in [2.45, 2.75) is 0 Å². The lowest BCUT2D eigenvalue weighted by molar-refractivity contribution is 1.18. The average molecular weight is 563 g/mol. The van der Waals surface area contributed by atoms with E-state index in [0.29, 0.717) is 0 Å². The van der Waals surface area contributed by atoms with Crippen LogP contribution in [0.3, 0.4) is 0 Å². The molecule has 8 rings (SSSR count). The molecule has 1 aromatic heterocycles. The molecule has 0 aliphatic carbocycles. The van der Waals surface area contributed by atoms with Gasteiger partial charge in [-0.15, -0.1) is 0 Å². The van der Waals surface area contributed by atoms with Crippen molar-refractivity contribution >= 4 is 38.9 Å². The van der Waals surface area contributed by atoms with Crippen LogP contribution < -0.4 is 4.90 Å². The highest BCUT2D eigenvalue weighted by Crippen LogP contribution is 2.42. The SMILES string of the molecule is c1ccc(N(c2ccccc2)c2ccccc2-c2cccc(-c3ccc4c(c3)c3ccccc3n4-c3ccccc3)c2)cc1. The molecule has 1 heterocycles. The van der Waals surface area contributed by atoms with E-state index in [0.717, 1.165) is 17.1 Å². The van der Waals surface area contributed by atoms with E-state index in [4.69, 9.17) is 0 Å². The second-order valence-corrected chi connectivity index (χ2v) is 11.0. The molecule has 0 aliphatic rings. The lowest BCUT2D eigenvalue weighted by Gasteiger charge is -2.27. The minimum absolute atomic E-state index is 1.13. The van der Waals surface area contributed by atoms with Gasteiger partial charge in [0.15, 0.2) is 0 Å². The molecule has 0 saturated heterocycles. The third kappa shape index (κ3) is 4.54. The summed E-state index contributed by atoms with van der Waals surface area (Å²) in [6.07, 6.45) is 0. The highest BCUT2D eigenvalue weighted by atomic mass is 15.1. The van der Waals surface area contributed by atoms with Crippen molar-refractivity contribution in [3.63, 3.8) is 0 Å². The number of nitrogens with zero attached hydrogens (tertiary/aromatic N) is 2. The molecule has 2 heteroatoms. The van der Waals surface area contributed by atoms with Gasteiger partial charge >= 0.3 is 0 Å². The Morgan fingerprint density at radius 1 is 0.364 bits per heavy atom. The van der Waals surface area contributed by atoms with Crippen LogP contribution in [0.2, 0.25) is 0 Å². The van der Waals surface area contributed by atoms with E-state index in [2.05, 4.69) is 191 Å². The van der Waals surface area contributed by atoms with Crippen LogP contribution in [-0.2, 0) is 0 Å². The van der Waals surface area contributed by atoms with Gasteiger partial charge < -0.3 is 9.47 Å². The lowest BCUT2D eigenvalue weighted by Crippen LogP contribution is -2.10. The predicted octanol–water partition coefficient (Wildman–Crippen LogP) is 11.6. The second-order valence-electron chi connectivity index (χ2n) is 11.0. The molecular weight excluding hydrogens is 532 g/mol. The molecule has 0 unspecified atom stereocenters. The minimum Gasteiger partial charge on any atom is -0.310 e. The van der Waals surface area contributed by atoms with Gasteiger partial charge in [0.1, 0.15) is 0 Å². The molecule has 0 aliphatic heterocycles. The summed E-state index contributed by atoms with van der Waals surface area (Å²) in [7, 11) is 0. The maximum Gasteiger partial charge on any atom is 0.0541 e. The maximum absolute atomic E-state index is 2.36. The fourth-order valence-corrected chi connectivity index (χ4v) is 6.37. The number of aromatic nitrogens is 1. The number of hydrogen-bond acceptors (Lipinski definition) is 1. The van der Waals surface area contributed by atoms with Crippen LogP contribution in [0, 0.1) is 0 Å². The first-order chi connectivity index (χ1) is 21.8. The average Bonchev–Trinajstić information content (AvgIpc) is 3.44. The molecule has 0 fully saturated rings. The number of rotatable bonds is 6. The molecule has 0 radical (unpaired) electrons. The predicted molar refractivity (Wildman–Crippen MR) is 186 cm³/mol. The first kappa shape index (κ1) is 25.8. The molecule has 0 saturated carbocycles. The first-order valence-electron chi connectivity index (χ1n) is 15.0. The molecule has 7 aromatic carbocycles. The van der Waals surface area contributed by atoms with Crippen LogP contribution in [0.4, 0.5) is 17.1 Å². The normalized spacial score (nSPS) is 11.2. The van der Waals surface area contributed by atoms with E-state index in [-0.39, 0.29) is 0 Å². The van der Waals surface area contributed by atoms with E-state index in [9.17, 15) is 0 Å². The van der Waals surface area contributed by atoms with Gasteiger partial charge in [-0.2, -0.15) is 0 Å². The molecular formula is C42H30N2. The van der Waals surface area contributed by atoms with Crippen LogP contribution in [0.1, 0.15) is 0 Å². The zero-order valence-electron chi connectivity index (χ0n) is 24.2. The van der Waals surface area contributed by atoms with Crippen molar-refractivity contribution in [3.05, 3.63) is 182 Å². The largest absolute Gasteiger partial charge is 0.310 e. The summed E-state index contributed by atoms with van der Waals surface area (Å²) in [4.78, 5) is 2.34. The van der Waals surface area contributed by atoms with Crippen molar-refractivity contribution in [2.24, 2.45) is 0 Å². The third-order valence-corrected chi connectivity index (χ3v) is 8.37. The molecule has 208 valence electrons. The number of anilines is 3.